The molecule has 114 valence electrons. The Bertz CT molecular complexity index is 557. The van der Waals surface area contributed by atoms with Gasteiger partial charge in [-0.05, 0) is 19.1 Å². The topological polar surface area (TPSA) is 105 Å². The van der Waals surface area contributed by atoms with Gasteiger partial charge in [-0.3, -0.25) is 14.4 Å². The number of carbonyl (C=O) groups excluding carboxylic acids is 2. The molecule has 0 bridgehead atoms. The van der Waals surface area contributed by atoms with Gasteiger partial charge in [0.2, 0.25) is 5.91 Å². The highest BCUT2D eigenvalue weighted by molar-refractivity contribution is 7.13. The van der Waals surface area contributed by atoms with Gasteiger partial charge in [0.25, 0.3) is 5.91 Å². The molecule has 2 atom stereocenters. The summed E-state index contributed by atoms with van der Waals surface area (Å²) in [6.45, 7) is 1.95. The van der Waals surface area contributed by atoms with Crippen LogP contribution in [0.5, 0.6) is 0 Å². The summed E-state index contributed by atoms with van der Waals surface area (Å²) in [5.41, 5.74) is 0. The molecule has 0 spiro atoms. The minimum atomic E-state index is -1.00. The molecule has 1 saturated heterocycles. The van der Waals surface area contributed by atoms with Crippen molar-refractivity contribution in [2.45, 2.75) is 13.0 Å². The van der Waals surface area contributed by atoms with Crippen LogP contribution in [0.25, 0.3) is 0 Å². The molecule has 2 heterocycles. The van der Waals surface area contributed by atoms with Gasteiger partial charge in [0.15, 0.2) is 0 Å². The number of aliphatic carboxylic acids is 1. The van der Waals surface area contributed by atoms with Crippen LogP contribution in [-0.4, -0.2) is 48.7 Å². The lowest BCUT2D eigenvalue weighted by Gasteiger charge is -2.15. The predicted molar refractivity (Wildman–Crippen MR) is 75.3 cm³/mol. The Balaban J connectivity index is 1.80. The summed E-state index contributed by atoms with van der Waals surface area (Å²) in [6.07, 6.45) is 0. The first-order valence-corrected chi connectivity index (χ1v) is 7.23. The molecule has 3 N–H and O–H groups in total. The van der Waals surface area contributed by atoms with Crippen molar-refractivity contribution in [3.8, 4) is 0 Å². The first-order chi connectivity index (χ1) is 9.97. The average Bonchev–Trinajstić information content (AvgIpc) is 3.05. The number of nitrogens with one attached hydrogen (secondary N) is 2. The molecule has 0 saturated carbocycles. The Kier molecular flexibility index (Phi) is 4.92. The molecule has 0 radical (unpaired) electrons. The van der Waals surface area contributed by atoms with Crippen molar-refractivity contribution in [2.24, 2.45) is 5.92 Å². The lowest BCUT2D eigenvalue weighted by molar-refractivity contribution is -0.142. The SMILES string of the molecule is Cc1ccc(C(=O)NCC(=O)NC2COCC2C(=O)O)s1. The predicted octanol–water partition coefficient (Wildman–Crippen LogP) is 0.00212. The zero-order chi connectivity index (χ0) is 15.4. The van der Waals surface area contributed by atoms with Crippen molar-refractivity contribution >= 4 is 29.1 Å². The number of carboxylic acids is 1. The van der Waals surface area contributed by atoms with E-state index in [0.717, 1.165) is 4.88 Å². The molecule has 1 aliphatic rings. The average molecular weight is 312 g/mol. The molecule has 8 heteroatoms. The van der Waals surface area contributed by atoms with Crippen molar-refractivity contribution in [3.05, 3.63) is 21.9 Å². The first-order valence-electron chi connectivity index (χ1n) is 6.42. The number of amides is 2. The second-order valence-corrected chi connectivity index (χ2v) is 6.04. The van der Waals surface area contributed by atoms with Gasteiger partial charge < -0.3 is 20.5 Å². The fourth-order valence-electron chi connectivity index (χ4n) is 2.00. The van der Waals surface area contributed by atoms with Crippen LogP contribution < -0.4 is 10.6 Å². The third-order valence-electron chi connectivity index (χ3n) is 3.12. The maximum Gasteiger partial charge on any atom is 0.311 e. The maximum atomic E-state index is 11.8. The molecule has 21 heavy (non-hydrogen) atoms. The second kappa shape index (κ2) is 6.68. The van der Waals surface area contributed by atoms with Crippen molar-refractivity contribution in [1.29, 1.82) is 0 Å². The van der Waals surface area contributed by atoms with Crippen molar-refractivity contribution < 1.29 is 24.2 Å². The zero-order valence-electron chi connectivity index (χ0n) is 11.4. The minimum Gasteiger partial charge on any atom is -0.481 e. The molecular formula is C13H16N2O5S. The van der Waals surface area contributed by atoms with E-state index in [1.807, 2.05) is 13.0 Å². The molecule has 7 nitrogen and oxygen atoms in total. The Morgan fingerprint density at radius 2 is 2.14 bits per heavy atom. The van der Waals surface area contributed by atoms with E-state index in [9.17, 15) is 14.4 Å². The van der Waals surface area contributed by atoms with E-state index < -0.39 is 23.8 Å². The fraction of sp³-hybridized carbons (Fsp3) is 0.462. The Morgan fingerprint density at radius 1 is 1.38 bits per heavy atom. The monoisotopic (exact) mass is 312 g/mol. The number of ether oxygens (including phenoxy) is 1. The second-order valence-electron chi connectivity index (χ2n) is 4.75. The summed E-state index contributed by atoms with van der Waals surface area (Å²) < 4.78 is 5.05. The van der Waals surface area contributed by atoms with Crippen LogP contribution >= 0.6 is 11.3 Å². The fourth-order valence-corrected chi connectivity index (χ4v) is 2.79. The van der Waals surface area contributed by atoms with Crippen LogP contribution in [0.3, 0.4) is 0 Å². The van der Waals surface area contributed by atoms with E-state index >= 15 is 0 Å². The molecule has 1 aromatic rings. The molecule has 1 fully saturated rings. The molecule has 1 aromatic heterocycles. The third-order valence-corrected chi connectivity index (χ3v) is 4.12. The summed E-state index contributed by atoms with van der Waals surface area (Å²) >= 11 is 1.34. The van der Waals surface area contributed by atoms with E-state index in [-0.39, 0.29) is 25.7 Å². The van der Waals surface area contributed by atoms with Gasteiger partial charge in [0.05, 0.1) is 30.7 Å². The number of hydrogen-bond acceptors (Lipinski definition) is 5. The highest BCUT2D eigenvalue weighted by Crippen LogP contribution is 2.15. The summed E-state index contributed by atoms with van der Waals surface area (Å²) in [6, 6.07) is 2.96. The number of rotatable bonds is 5. The van der Waals surface area contributed by atoms with E-state index in [2.05, 4.69) is 10.6 Å². The van der Waals surface area contributed by atoms with Gasteiger partial charge in [0.1, 0.15) is 5.92 Å². The number of carbonyl (C=O) groups is 3. The van der Waals surface area contributed by atoms with Gasteiger partial charge in [-0.15, -0.1) is 11.3 Å². The quantitative estimate of drug-likeness (QED) is 0.710. The van der Waals surface area contributed by atoms with Gasteiger partial charge in [-0.2, -0.15) is 0 Å². The summed E-state index contributed by atoms with van der Waals surface area (Å²) in [5, 5.41) is 14.0. The molecular weight excluding hydrogens is 296 g/mol. The minimum absolute atomic E-state index is 0.0844. The Morgan fingerprint density at radius 3 is 2.76 bits per heavy atom. The molecule has 0 aliphatic carbocycles. The molecule has 2 rings (SSSR count). The van der Waals surface area contributed by atoms with Crippen LogP contribution in [0.2, 0.25) is 0 Å². The largest absolute Gasteiger partial charge is 0.481 e. The third kappa shape index (κ3) is 4.02. The van der Waals surface area contributed by atoms with Gasteiger partial charge in [0, 0.05) is 4.88 Å². The highest BCUT2D eigenvalue weighted by Gasteiger charge is 2.34. The number of thiophene rings is 1. The summed E-state index contributed by atoms with van der Waals surface area (Å²) in [7, 11) is 0. The van der Waals surface area contributed by atoms with Crippen LogP contribution in [0, 0.1) is 12.8 Å². The van der Waals surface area contributed by atoms with E-state index in [4.69, 9.17) is 9.84 Å². The molecule has 1 aliphatic heterocycles. The first kappa shape index (κ1) is 15.5. The zero-order valence-corrected chi connectivity index (χ0v) is 12.2. The molecule has 2 amide bonds. The van der Waals surface area contributed by atoms with Gasteiger partial charge >= 0.3 is 5.97 Å². The number of hydrogen-bond donors (Lipinski definition) is 3. The number of carboxylic acid groups (broad SMARTS) is 1. The van der Waals surface area contributed by atoms with Crippen LogP contribution in [0.1, 0.15) is 14.5 Å². The van der Waals surface area contributed by atoms with E-state index in [1.54, 1.807) is 6.07 Å². The Labute approximate surface area is 125 Å². The summed E-state index contributed by atoms with van der Waals surface area (Å²) in [5.74, 6) is -2.50. The summed E-state index contributed by atoms with van der Waals surface area (Å²) in [4.78, 5) is 36.0. The van der Waals surface area contributed by atoms with Crippen molar-refractivity contribution in [1.82, 2.24) is 10.6 Å². The lowest BCUT2D eigenvalue weighted by Crippen LogP contribution is -2.46. The van der Waals surface area contributed by atoms with Crippen LogP contribution in [-0.2, 0) is 14.3 Å². The van der Waals surface area contributed by atoms with Crippen molar-refractivity contribution in [2.75, 3.05) is 19.8 Å². The molecule has 0 aromatic carbocycles. The highest BCUT2D eigenvalue weighted by atomic mass is 32.1. The lowest BCUT2D eigenvalue weighted by atomic mass is 10.0. The molecule has 2 unspecified atom stereocenters. The smallest absolute Gasteiger partial charge is 0.311 e. The van der Waals surface area contributed by atoms with E-state index in [0.29, 0.717) is 4.88 Å². The normalized spacial score (nSPS) is 21.0. The van der Waals surface area contributed by atoms with E-state index in [1.165, 1.54) is 11.3 Å². The van der Waals surface area contributed by atoms with Gasteiger partial charge in [-0.1, -0.05) is 0 Å². The van der Waals surface area contributed by atoms with Gasteiger partial charge in [-0.25, -0.2) is 0 Å². The maximum absolute atomic E-state index is 11.8. The standard InChI is InChI=1S/C13H16N2O5S/c1-7-2-3-10(21-7)12(17)14-4-11(16)15-9-6-20-5-8(9)13(18)19/h2-3,8-9H,4-6H2,1H3,(H,14,17)(H,15,16)(H,18,19). The van der Waals surface area contributed by atoms with Crippen molar-refractivity contribution in [3.63, 3.8) is 0 Å². The Hall–Kier alpha value is -1.93. The van der Waals surface area contributed by atoms with Crippen LogP contribution in [0.4, 0.5) is 0 Å². The number of aryl methyl sites for hydroxylation is 1. The van der Waals surface area contributed by atoms with Crippen LogP contribution in [0.15, 0.2) is 12.1 Å².